The average molecular weight is 193 g/mol. The van der Waals surface area contributed by atoms with E-state index in [4.69, 9.17) is 0 Å². The van der Waals surface area contributed by atoms with Gasteiger partial charge in [-0.3, -0.25) is 4.18 Å². The predicted molar refractivity (Wildman–Crippen MR) is 46.4 cm³/mol. The fraction of sp³-hybridized carbons (Fsp3) is 1.00. The van der Waals surface area contributed by atoms with Crippen molar-refractivity contribution >= 4 is 10.1 Å². The van der Waals surface area contributed by atoms with Gasteiger partial charge in [-0.2, -0.15) is 8.42 Å². The molecule has 1 aliphatic heterocycles. The highest BCUT2D eigenvalue weighted by Crippen LogP contribution is 2.16. The standard InChI is InChI=1S/C7H15NO3S/c1-8-4-3-7(5-8)6-12(9,10)11-2/h7H,3-6H2,1-2H3. The third-order valence-corrected chi connectivity index (χ3v) is 3.57. The van der Waals surface area contributed by atoms with Crippen LogP contribution in [-0.4, -0.2) is 46.3 Å². The Labute approximate surface area is 73.6 Å². The summed E-state index contributed by atoms with van der Waals surface area (Å²) in [6.07, 6.45) is 0.957. The van der Waals surface area contributed by atoms with Gasteiger partial charge in [-0.1, -0.05) is 0 Å². The minimum atomic E-state index is -3.25. The molecule has 1 unspecified atom stereocenters. The molecule has 4 nitrogen and oxygen atoms in total. The molecular formula is C7H15NO3S. The Kier molecular flexibility index (Phi) is 3.09. The molecule has 72 valence electrons. The summed E-state index contributed by atoms with van der Waals surface area (Å²) in [4.78, 5) is 2.13. The van der Waals surface area contributed by atoms with Gasteiger partial charge in [-0.15, -0.1) is 0 Å². The first-order valence-corrected chi connectivity index (χ1v) is 5.58. The van der Waals surface area contributed by atoms with E-state index in [1.54, 1.807) is 0 Å². The van der Waals surface area contributed by atoms with Crippen LogP contribution in [0.3, 0.4) is 0 Å². The maximum atomic E-state index is 11.0. The normalized spacial score (nSPS) is 26.3. The van der Waals surface area contributed by atoms with Crippen LogP contribution in [0.4, 0.5) is 0 Å². The van der Waals surface area contributed by atoms with Crippen molar-refractivity contribution in [2.45, 2.75) is 6.42 Å². The lowest BCUT2D eigenvalue weighted by atomic mass is 10.2. The molecule has 1 fully saturated rings. The van der Waals surface area contributed by atoms with E-state index in [0.29, 0.717) is 0 Å². The molecule has 5 heteroatoms. The smallest absolute Gasteiger partial charge is 0.267 e. The van der Waals surface area contributed by atoms with Crippen molar-refractivity contribution < 1.29 is 12.6 Å². The molecule has 0 aromatic carbocycles. The molecule has 0 N–H and O–H groups in total. The van der Waals surface area contributed by atoms with E-state index < -0.39 is 10.1 Å². The first-order chi connectivity index (χ1) is 5.53. The summed E-state index contributed by atoms with van der Waals surface area (Å²) in [5.41, 5.74) is 0. The van der Waals surface area contributed by atoms with Crippen LogP contribution in [0.15, 0.2) is 0 Å². The Hall–Kier alpha value is -0.130. The van der Waals surface area contributed by atoms with Gasteiger partial charge in [0.1, 0.15) is 0 Å². The van der Waals surface area contributed by atoms with Gasteiger partial charge < -0.3 is 4.90 Å². The van der Waals surface area contributed by atoms with Gasteiger partial charge in [0.2, 0.25) is 0 Å². The highest BCUT2D eigenvalue weighted by molar-refractivity contribution is 7.86. The number of nitrogens with zero attached hydrogens (tertiary/aromatic N) is 1. The van der Waals surface area contributed by atoms with Crippen molar-refractivity contribution in [1.29, 1.82) is 0 Å². The molecule has 1 rings (SSSR count). The molecule has 1 atom stereocenters. The van der Waals surface area contributed by atoms with Crippen LogP contribution in [0.1, 0.15) is 6.42 Å². The topological polar surface area (TPSA) is 46.6 Å². The molecule has 0 aromatic rings. The molecule has 12 heavy (non-hydrogen) atoms. The van der Waals surface area contributed by atoms with Crippen molar-refractivity contribution in [2.24, 2.45) is 5.92 Å². The molecule has 1 saturated heterocycles. The monoisotopic (exact) mass is 193 g/mol. The Morgan fingerprint density at radius 1 is 1.58 bits per heavy atom. The lowest BCUT2D eigenvalue weighted by Gasteiger charge is -2.09. The van der Waals surface area contributed by atoms with Crippen molar-refractivity contribution in [3.8, 4) is 0 Å². The summed E-state index contributed by atoms with van der Waals surface area (Å²) in [7, 11) is -0.0373. The third-order valence-electron chi connectivity index (χ3n) is 2.18. The second-order valence-corrected chi connectivity index (χ2v) is 5.09. The highest BCUT2D eigenvalue weighted by atomic mass is 32.2. The maximum absolute atomic E-state index is 11.0. The maximum Gasteiger partial charge on any atom is 0.267 e. The fourth-order valence-electron chi connectivity index (χ4n) is 1.52. The number of rotatable bonds is 3. The van der Waals surface area contributed by atoms with Crippen LogP contribution in [0.25, 0.3) is 0 Å². The van der Waals surface area contributed by atoms with Crippen LogP contribution < -0.4 is 0 Å². The Morgan fingerprint density at radius 3 is 2.67 bits per heavy atom. The molecule has 0 bridgehead atoms. The Balaban J connectivity index is 2.43. The zero-order valence-electron chi connectivity index (χ0n) is 7.49. The largest absolute Gasteiger partial charge is 0.306 e. The molecule has 1 heterocycles. The molecule has 0 saturated carbocycles. The van der Waals surface area contributed by atoms with Crippen molar-refractivity contribution in [3.63, 3.8) is 0 Å². The average Bonchev–Trinajstić information content (AvgIpc) is 2.35. The fourth-order valence-corrected chi connectivity index (χ4v) is 2.50. The zero-order chi connectivity index (χ0) is 9.19. The number of likely N-dealkylation sites (tertiary alicyclic amines) is 1. The Morgan fingerprint density at radius 2 is 2.25 bits per heavy atom. The summed E-state index contributed by atoms with van der Waals surface area (Å²) >= 11 is 0. The molecule has 0 aromatic heterocycles. The van der Waals surface area contributed by atoms with Crippen LogP contribution >= 0.6 is 0 Å². The lowest BCUT2D eigenvalue weighted by Crippen LogP contribution is -2.20. The van der Waals surface area contributed by atoms with Crippen LogP contribution in [-0.2, 0) is 14.3 Å². The molecule has 1 aliphatic rings. The molecule has 0 spiro atoms. The van der Waals surface area contributed by atoms with Gasteiger partial charge in [-0.25, -0.2) is 0 Å². The zero-order valence-corrected chi connectivity index (χ0v) is 8.30. The van der Waals surface area contributed by atoms with Crippen molar-refractivity contribution in [1.82, 2.24) is 4.90 Å². The van der Waals surface area contributed by atoms with Gasteiger partial charge in [-0.05, 0) is 25.9 Å². The van der Waals surface area contributed by atoms with E-state index in [1.807, 2.05) is 7.05 Å². The van der Waals surface area contributed by atoms with Gasteiger partial charge in [0, 0.05) is 6.54 Å². The van der Waals surface area contributed by atoms with Gasteiger partial charge in [0.15, 0.2) is 0 Å². The number of hydrogen-bond acceptors (Lipinski definition) is 4. The minimum absolute atomic E-state index is 0.161. The molecule has 0 aliphatic carbocycles. The second-order valence-electron chi connectivity index (χ2n) is 3.31. The first kappa shape index (κ1) is 9.95. The van der Waals surface area contributed by atoms with Crippen LogP contribution in [0, 0.1) is 5.92 Å². The van der Waals surface area contributed by atoms with E-state index in [9.17, 15) is 8.42 Å². The van der Waals surface area contributed by atoms with E-state index in [2.05, 4.69) is 9.08 Å². The predicted octanol–water partition coefficient (Wildman–Crippen LogP) is -0.0857. The molecule has 0 radical (unpaired) electrons. The lowest BCUT2D eigenvalue weighted by molar-refractivity contribution is 0.379. The summed E-state index contributed by atoms with van der Waals surface area (Å²) < 4.78 is 26.4. The van der Waals surface area contributed by atoms with E-state index in [0.717, 1.165) is 19.5 Å². The summed E-state index contributed by atoms with van der Waals surface area (Å²) in [5, 5.41) is 0. The summed E-state index contributed by atoms with van der Waals surface area (Å²) in [5.74, 6) is 0.411. The van der Waals surface area contributed by atoms with Crippen molar-refractivity contribution in [2.75, 3.05) is 33.0 Å². The number of hydrogen-bond donors (Lipinski definition) is 0. The molecular weight excluding hydrogens is 178 g/mol. The first-order valence-electron chi connectivity index (χ1n) is 4.00. The third kappa shape index (κ3) is 2.73. The summed E-state index contributed by atoms with van der Waals surface area (Å²) in [6.45, 7) is 1.85. The van der Waals surface area contributed by atoms with E-state index in [1.165, 1.54) is 7.11 Å². The van der Waals surface area contributed by atoms with E-state index >= 15 is 0 Å². The van der Waals surface area contributed by atoms with Gasteiger partial charge in [0.05, 0.1) is 12.9 Å². The van der Waals surface area contributed by atoms with Gasteiger partial charge in [0.25, 0.3) is 10.1 Å². The summed E-state index contributed by atoms with van der Waals surface area (Å²) in [6, 6.07) is 0. The minimum Gasteiger partial charge on any atom is -0.306 e. The second kappa shape index (κ2) is 3.72. The Bertz CT molecular complexity index is 237. The molecule has 0 amide bonds. The van der Waals surface area contributed by atoms with Gasteiger partial charge >= 0.3 is 0 Å². The quantitative estimate of drug-likeness (QED) is 0.588. The van der Waals surface area contributed by atoms with Crippen molar-refractivity contribution in [3.05, 3.63) is 0 Å². The SMILES string of the molecule is COS(=O)(=O)CC1CCN(C)C1. The van der Waals surface area contributed by atoms with E-state index in [-0.39, 0.29) is 11.7 Å². The highest BCUT2D eigenvalue weighted by Gasteiger charge is 2.24. The van der Waals surface area contributed by atoms with Crippen LogP contribution in [0.2, 0.25) is 0 Å². The van der Waals surface area contributed by atoms with Crippen LogP contribution in [0.5, 0.6) is 0 Å².